The summed E-state index contributed by atoms with van der Waals surface area (Å²) in [5, 5.41) is 0.767. The van der Waals surface area contributed by atoms with E-state index in [2.05, 4.69) is 9.97 Å². The molecule has 130 valence electrons. The maximum absolute atomic E-state index is 5.96. The van der Waals surface area contributed by atoms with Crippen LogP contribution in [0.3, 0.4) is 0 Å². The third-order valence-corrected chi connectivity index (χ3v) is 4.06. The van der Waals surface area contributed by atoms with E-state index in [0.717, 1.165) is 22.1 Å². The number of fused-ring (bicyclic) bond motifs is 1. The molecule has 0 unspecified atom stereocenters. The second-order valence-corrected chi connectivity index (χ2v) is 5.57. The van der Waals surface area contributed by atoms with E-state index in [9.17, 15) is 0 Å². The molecule has 0 saturated carbocycles. The molecule has 3 rings (SSSR count). The predicted molar refractivity (Wildman–Crippen MR) is 98.2 cm³/mol. The summed E-state index contributed by atoms with van der Waals surface area (Å²) in [7, 11) is 4.75. The second kappa shape index (κ2) is 6.35. The fourth-order valence-corrected chi connectivity index (χ4v) is 2.87. The number of nitrogens with zero attached hydrogens (tertiary/aromatic N) is 2. The highest BCUT2D eigenvalue weighted by Crippen LogP contribution is 2.42. The van der Waals surface area contributed by atoms with E-state index in [0.29, 0.717) is 28.6 Å². The van der Waals surface area contributed by atoms with Crippen molar-refractivity contribution in [2.75, 3.05) is 32.8 Å². The van der Waals surface area contributed by atoms with Crippen molar-refractivity contribution in [2.24, 2.45) is 0 Å². The zero-order chi connectivity index (χ0) is 18.1. The SMILES string of the molecule is COc1cc(-c2cc3nc(N)nc(N)c3cc2C)cc(OC)c1OC. The quantitative estimate of drug-likeness (QED) is 0.752. The number of nitrogen functional groups attached to an aromatic ring is 2. The lowest BCUT2D eigenvalue weighted by atomic mass is 9.97. The summed E-state index contributed by atoms with van der Waals surface area (Å²) in [5.41, 5.74) is 15.2. The fraction of sp³-hybridized carbons (Fsp3) is 0.222. The van der Waals surface area contributed by atoms with Crippen LogP contribution in [-0.2, 0) is 0 Å². The van der Waals surface area contributed by atoms with Crippen molar-refractivity contribution in [3.63, 3.8) is 0 Å². The molecule has 0 spiro atoms. The maximum Gasteiger partial charge on any atom is 0.222 e. The van der Waals surface area contributed by atoms with Crippen molar-refractivity contribution in [1.29, 1.82) is 0 Å². The Morgan fingerprint density at radius 2 is 1.48 bits per heavy atom. The number of hydrogen-bond donors (Lipinski definition) is 2. The summed E-state index contributed by atoms with van der Waals surface area (Å²) < 4.78 is 16.2. The Hall–Kier alpha value is -3.22. The minimum Gasteiger partial charge on any atom is -0.493 e. The highest BCUT2D eigenvalue weighted by molar-refractivity contribution is 5.93. The molecule has 2 aromatic carbocycles. The van der Waals surface area contributed by atoms with E-state index in [1.54, 1.807) is 21.3 Å². The third kappa shape index (κ3) is 2.84. The molecule has 1 aromatic heterocycles. The van der Waals surface area contributed by atoms with E-state index < -0.39 is 0 Å². The monoisotopic (exact) mass is 340 g/mol. The molecule has 0 radical (unpaired) electrons. The standard InChI is InChI=1S/C18H20N4O3/c1-9-5-12-13(21-18(20)22-17(12)19)8-11(9)10-6-14(23-2)16(25-4)15(7-10)24-3/h5-8H,1-4H3,(H4,19,20,21,22). The van der Waals surface area contributed by atoms with Gasteiger partial charge in [0.1, 0.15) is 5.82 Å². The summed E-state index contributed by atoms with van der Waals surface area (Å²) in [4.78, 5) is 8.29. The number of ether oxygens (including phenoxy) is 3. The average molecular weight is 340 g/mol. The molecule has 7 nitrogen and oxygen atoms in total. The first-order valence-corrected chi connectivity index (χ1v) is 7.62. The number of hydrogen-bond acceptors (Lipinski definition) is 7. The van der Waals surface area contributed by atoms with Gasteiger partial charge in [-0.2, -0.15) is 4.98 Å². The van der Waals surface area contributed by atoms with Crippen LogP contribution >= 0.6 is 0 Å². The molecule has 0 aliphatic rings. The second-order valence-electron chi connectivity index (χ2n) is 5.57. The van der Waals surface area contributed by atoms with Crippen molar-refractivity contribution in [1.82, 2.24) is 9.97 Å². The molecule has 0 atom stereocenters. The van der Waals surface area contributed by atoms with Crippen LogP contribution in [-0.4, -0.2) is 31.3 Å². The van der Waals surface area contributed by atoms with Crippen molar-refractivity contribution in [3.05, 3.63) is 29.8 Å². The molecule has 1 heterocycles. The maximum atomic E-state index is 5.96. The smallest absolute Gasteiger partial charge is 0.222 e. The van der Waals surface area contributed by atoms with Crippen molar-refractivity contribution in [3.8, 4) is 28.4 Å². The van der Waals surface area contributed by atoms with Gasteiger partial charge in [0.15, 0.2) is 11.5 Å². The Morgan fingerprint density at radius 3 is 2.04 bits per heavy atom. The Kier molecular flexibility index (Phi) is 4.22. The summed E-state index contributed by atoms with van der Waals surface area (Å²) in [5.74, 6) is 2.21. The van der Waals surface area contributed by atoms with Crippen LogP contribution < -0.4 is 25.7 Å². The van der Waals surface area contributed by atoms with Crippen LogP contribution in [0.4, 0.5) is 11.8 Å². The van der Waals surface area contributed by atoms with Gasteiger partial charge >= 0.3 is 0 Å². The van der Waals surface area contributed by atoms with E-state index in [4.69, 9.17) is 25.7 Å². The van der Waals surface area contributed by atoms with Gasteiger partial charge in [-0.3, -0.25) is 0 Å². The Balaban J connectivity index is 2.27. The molecule has 25 heavy (non-hydrogen) atoms. The Labute approximate surface area is 145 Å². The molecule has 3 aromatic rings. The Morgan fingerprint density at radius 1 is 0.840 bits per heavy atom. The first-order valence-electron chi connectivity index (χ1n) is 7.62. The summed E-state index contributed by atoms with van der Waals surface area (Å²) in [6.07, 6.45) is 0. The molecule has 0 amide bonds. The van der Waals surface area contributed by atoms with Gasteiger partial charge in [0.25, 0.3) is 0 Å². The van der Waals surface area contributed by atoms with Gasteiger partial charge in [0.05, 0.1) is 26.8 Å². The molecule has 0 aliphatic carbocycles. The first kappa shape index (κ1) is 16.6. The van der Waals surface area contributed by atoms with Gasteiger partial charge in [-0.1, -0.05) is 0 Å². The third-order valence-electron chi connectivity index (χ3n) is 4.06. The number of methoxy groups -OCH3 is 3. The van der Waals surface area contributed by atoms with E-state index in [-0.39, 0.29) is 5.95 Å². The summed E-state index contributed by atoms with van der Waals surface area (Å²) in [6, 6.07) is 7.66. The first-order chi connectivity index (χ1) is 12.0. The fourth-order valence-electron chi connectivity index (χ4n) is 2.87. The number of nitrogens with two attached hydrogens (primary N) is 2. The van der Waals surface area contributed by atoms with Crippen LogP contribution in [0, 0.1) is 6.92 Å². The lowest BCUT2D eigenvalue weighted by Gasteiger charge is -2.16. The van der Waals surface area contributed by atoms with Crippen molar-refractivity contribution < 1.29 is 14.2 Å². The minimum absolute atomic E-state index is 0.143. The van der Waals surface area contributed by atoms with Gasteiger partial charge < -0.3 is 25.7 Å². The number of rotatable bonds is 4. The molecular formula is C18H20N4O3. The predicted octanol–water partition coefficient (Wildman–Crippen LogP) is 2.80. The number of aromatic nitrogens is 2. The average Bonchev–Trinajstić information content (AvgIpc) is 2.60. The summed E-state index contributed by atoms with van der Waals surface area (Å²) >= 11 is 0. The largest absolute Gasteiger partial charge is 0.493 e. The van der Waals surface area contributed by atoms with Crippen LogP contribution in [0.2, 0.25) is 0 Å². The Bertz CT molecular complexity index is 932. The molecule has 0 fully saturated rings. The highest BCUT2D eigenvalue weighted by atomic mass is 16.5. The molecule has 4 N–H and O–H groups in total. The minimum atomic E-state index is 0.143. The van der Waals surface area contributed by atoms with Crippen molar-refractivity contribution >= 4 is 22.7 Å². The lowest BCUT2D eigenvalue weighted by molar-refractivity contribution is 0.324. The van der Waals surface area contributed by atoms with Crippen LogP contribution in [0.15, 0.2) is 24.3 Å². The van der Waals surface area contributed by atoms with Crippen LogP contribution in [0.5, 0.6) is 17.2 Å². The topological polar surface area (TPSA) is 106 Å². The van der Waals surface area contributed by atoms with Crippen LogP contribution in [0.1, 0.15) is 5.56 Å². The van der Waals surface area contributed by atoms with E-state index in [1.807, 2.05) is 31.2 Å². The zero-order valence-electron chi connectivity index (χ0n) is 14.6. The number of benzene rings is 2. The highest BCUT2D eigenvalue weighted by Gasteiger charge is 2.16. The zero-order valence-corrected chi connectivity index (χ0v) is 14.6. The van der Waals surface area contributed by atoms with Gasteiger partial charge in [0.2, 0.25) is 11.7 Å². The van der Waals surface area contributed by atoms with Gasteiger partial charge in [0, 0.05) is 5.39 Å². The normalized spacial score (nSPS) is 10.7. The van der Waals surface area contributed by atoms with Crippen molar-refractivity contribution in [2.45, 2.75) is 6.92 Å². The number of anilines is 2. The molecule has 0 bridgehead atoms. The van der Waals surface area contributed by atoms with Gasteiger partial charge in [-0.25, -0.2) is 4.98 Å². The van der Waals surface area contributed by atoms with Gasteiger partial charge in [-0.05, 0) is 47.9 Å². The molecular weight excluding hydrogens is 320 g/mol. The van der Waals surface area contributed by atoms with Crippen LogP contribution in [0.25, 0.3) is 22.0 Å². The molecule has 7 heteroatoms. The summed E-state index contributed by atoms with van der Waals surface area (Å²) in [6.45, 7) is 1.99. The van der Waals surface area contributed by atoms with Gasteiger partial charge in [-0.15, -0.1) is 0 Å². The number of aryl methyl sites for hydroxylation is 1. The molecule has 0 saturated heterocycles. The lowest BCUT2D eigenvalue weighted by Crippen LogP contribution is -2.01. The van der Waals surface area contributed by atoms with E-state index >= 15 is 0 Å². The van der Waals surface area contributed by atoms with E-state index in [1.165, 1.54) is 0 Å². The molecule has 0 aliphatic heterocycles.